The monoisotopic (exact) mass is 696 g/mol. The van der Waals surface area contributed by atoms with Gasteiger partial charge in [0.2, 0.25) is 0 Å². The van der Waals surface area contributed by atoms with Crippen molar-refractivity contribution in [3.8, 4) is 16.9 Å². The molecule has 9 nitrogen and oxygen atoms in total. The molecule has 5 rings (SSSR count). The summed E-state index contributed by atoms with van der Waals surface area (Å²) in [5.41, 5.74) is 6.86. The molecule has 5 aromatic rings. The number of nitrogens with one attached hydrogen (secondary N) is 3. The Labute approximate surface area is 287 Å². The first-order valence-electron chi connectivity index (χ1n) is 15.2. The van der Waals surface area contributed by atoms with Crippen molar-refractivity contribution in [2.45, 2.75) is 38.7 Å². The lowest BCUT2D eigenvalue weighted by atomic mass is 9.96. The average molecular weight is 698 g/mol. The Balaban J connectivity index is 1.30. The number of benzene rings is 4. The number of aliphatic hydroxyl groups excluding tert-OH is 4. The molecule has 0 atom stereocenters. The summed E-state index contributed by atoms with van der Waals surface area (Å²) in [5.74, 6) is 1.29. The Morgan fingerprint density at radius 3 is 2.02 bits per heavy atom. The largest absolute Gasteiger partial charge is 0.487 e. The molecule has 1 aromatic heterocycles. The second-order valence-electron chi connectivity index (χ2n) is 11.2. The summed E-state index contributed by atoms with van der Waals surface area (Å²) in [6.45, 7) is 2.75. The Kier molecular flexibility index (Phi) is 12.4. The molecule has 0 bridgehead atoms. The summed E-state index contributed by atoms with van der Waals surface area (Å²) in [4.78, 5) is 0. The van der Waals surface area contributed by atoms with Gasteiger partial charge in [-0.2, -0.15) is 4.37 Å². The van der Waals surface area contributed by atoms with Gasteiger partial charge in [0.1, 0.15) is 12.4 Å². The molecule has 4 aromatic carbocycles. The fourth-order valence-corrected chi connectivity index (χ4v) is 6.49. The van der Waals surface area contributed by atoms with Gasteiger partial charge in [-0.05, 0) is 76.6 Å². The van der Waals surface area contributed by atoms with E-state index in [0.717, 1.165) is 49.2 Å². The lowest BCUT2D eigenvalue weighted by Crippen LogP contribution is -2.35. The van der Waals surface area contributed by atoms with Crippen LogP contribution in [-0.2, 0) is 19.7 Å². The third-order valence-corrected chi connectivity index (χ3v) is 9.48. The van der Waals surface area contributed by atoms with Crippen LogP contribution >= 0.6 is 34.7 Å². The van der Waals surface area contributed by atoms with Crippen LogP contribution in [0.25, 0.3) is 21.2 Å². The van der Waals surface area contributed by atoms with Crippen molar-refractivity contribution in [3.63, 3.8) is 0 Å². The van der Waals surface area contributed by atoms with E-state index in [1.165, 1.54) is 11.5 Å². The van der Waals surface area contributed by atoms with Crippen molar-refractivity contribution in [2.24, 2.45) is 0 Å². The third-order valence-electron chi connectivity index (χ3n) is 7.97. The predicted octanol–water partition coefficient (Wildman–Crippen LogP) is 5.79. The number of nitrogens with zero attached hydrogens (tertiary/aromatic N) is 1. The number of aromatic nitrogens is 1. The van der Waals surface area contributed by atoms with Crippen LogP contribution < -0.4 is 20.7 Å². The summed E-state index contributed by atoms with van der Waals surface area (Å²) < 4.78 is 11.9. The number of anilines is 2. The topological polar surface area (TPSA) is 139 Å². The third kappa shape index (κ3) is 8.60. The van der Waals surface area contributed by atoms with Crippen LogP contribution in [-0.4, -0.2) is 63.3 Å². The normalized spacial score (nSPS) is 11.6. The molecule has 248 valence electrons. The number of halogens is 2. The van der Waals surface area contributed by atoms with Gasteiger partial charge in [0.25, 0.3) is 0 Å². The molecule has 0 spiro atoms. The minimum absolute atomic E-state index is 0.149. The SMILES string of the molecule is Cc1c(COc2ccc(CNC(CO)CO)cc2Cl)cccc1-c1cccc2c(Nc3ccc(CNC(CO)CO)cc3Cl)nsc12. The number of hydrogen-bond acceptors (Lipinski definition) is 10. The minimum atomic E-state index is -0.386. The summed E-state index contributed by atoms with van der Waals surface area (Å²) in [6, 6.07) is 22.8. The van der Waals surface area contributed by atoms with Crippen molar-refractivity contribution < 1.29 is 25.2 Å². The van der Waals surface area contributed by atoms with Gasteiger partial charge in [-0.1, -0.05) is 65.7 Å². The van der Waals surface area contributed by atoms with E-state index in [-0.39, 0.29) is 38.5 Å². The molecular formula is C35H38Cl2N4O5S. The number of fused-ring (bicyclic) bond motifs is 1. The highest BCUT2D eigenvalue weighted by molar-refractivity contribution is 7.14. The average Bonchev–Trinajstić information content (AvgIpc) is 3.50. The maximum atomic E-state index is 9.29. The Morgan fingerprint density at radius 2 is 1.38 bits per heavy atom. The highest BCUT2D eigenvalue weighted by Gasteiger charge is 2.16. The Morgan fingerprint density at radius 1 is 0.766 bits per heavy atom. The van der Waals surface area contributed by atoms with E-state index in [1.54, 1.807) is 0 Å². The van der Waals surface area contributed by atoms with Gasteiger partial charge in [-0.25, -0.2) is 0 Å². The lowest BCUT2D eigenvalue weighted by molar-refractivity contribution is 0.170. The molecule has 12 heteroatoms. The van der Waals surface area contributed by atoms with E-state index in [9.17, 15) is 20.4 Å². The standard InChI is InChI=1S/C35H38Cl2N4O5S/c1-21-24(20-46-33-11-9-23(13-31(33)37)15-39-26(18-44)19-45)4-2-5-27(21)28-6-3-7-29-34(28)47-41-35(29)40-32-10-8-22(12-30(32)36)14-38-25(16-42)17-43/h2-13,25-26,38-39,42-45H,14-20H2,1H3,(H,40,41). The molecule has 0 aliphatic heterocycles. The van der Waals surface area contributed by atoms with Crippen molar-refractivity contribution >= 4 is 56.3 Å². The fourth-order valence-electron chi connectivity index (χ4n) is 5.12. The maximum absolute atomic E-state index is 9.29. The smallest absolute Gasteiger partial charge is 0.152 e. The van der Waals surface area contributed by atoms with Gasteiger partial charge >= 0.3 is 0 Å². The van der Waals surface area contributed by atoms with Gasteiger partial charge in [0.05, 0.1) is 58.9 Å². The molecule has 0 amide bonds. The molecule has 0 aliphatic carbocycles. The van der Waals surface area contributed by atoms with E-state index in [2.05, 4.69) is 35.0 Å². The van der Waals surface area contributed by atoms with Gasteiger partial charge in [-0.15, -0.1) is 0 Å². The molecule has 0 saturated carbocycles. The van der Waals surface area contributed by atoms with Gasteiger partial charge < -0.3 is 41.1 Å². The Bertz CT molecular complexity index is 1800. The highest BCUT2D eigenvalue weighted by atomic mass is 35.5. The second kappa shape index (κ2) is 16.7. The molecule has 0 saturated heterocycles. The van der Waals surface area contributed by atoms with E-state index in [4.69, 9.17) is 32.3 Å². The van der Waals surface area contributed by atoms with Gasteiger partial charge in [-0.3, -0.25) is 0 Å². The van der Waals surface area contributed by atoms with Gasteiger partial charge in [0, 0.05) is 24.0 Å². The molecule has 7 N–H and O–H groups in total. The molecule has 1 heterocycles. The molecule has 0 aliphatic rings. The number of hydrogen-bond donors (Lipinski definition) is 7. The van der Waals surface area contributed by atoms with Crippen LogP contribution in [0.2, 0.25) is 10.0 Å². The Hall–Kier alpha value is -3.29. The van der Waals surface area contributed by atoms with Gasteiger partial charge in [0.15, 0.2) is 5.82 Å². The maximum Gasteiger partial charge on any atom is 0.152 e. The zero-order chi connectivity index (χ0) is 33.3. The highest BCUT2D eigenvalue weighted by Crippen LogP contribution is 2.39. The summed E-state index contributed by atoms with van der Waals surface area (Å²) >= 11 is 14.6. The van der Waals surface area contributed by atoms with E-state index in [0.29, 0.717) is 41.3 Å². The first-order valence-corrected chi connectivity index (χ1v) is 16.7. The van der Waals surface area contributed by atoms with Crippen LogP contribution in [0.4, 0.5) is 11.5 Å². The minimum Gasteiger partial charge on any atom is -0.487 e. The van der Waals surface area contributed by atoms with E-state index in [1.807, 2.05) is 60.7 Å². The lowest BCUT2D eigenvalue weighted by Gasteiger charge is -2.16. The van der Waals surface area contributed by atoms with Crippen molar-refractivity contribution in [3.05, 3.63) is 105 Å². The van der Waals surface area contributed by atoms with Crippen molar-refractivity contribution in [1.29, 1.82) is 0 Å². The predicted molar refractivity (Wildman–Crippen MR) is 190 cm³/mol. The number of rotatable bonds is 16. The van der Waals surface area contributed by atoms with Crippen molar-refractivity contribution in [2.75, 3.05) is 31.7 Å². The van der Waals surface area contributed by atoms with Crippen LogP contribution in [0.1, 0.15) is 22.3 Å². The molecule has 0 radical (unpaired) electrons. The summed E-state index contributed by atoms with van der Waals surface area (Å²) in [6.07, 6.45) is 0. The first-order chi connectivity index (χ1) is 22.8. The zero-order valence-electron chi connectivity index (χ0n) is 25.8. The quantitative estimate of drug-likeness (QED) is 0.0684. The van der Waals surface area contributed by atoms with Crippen LogP contribution in [0.15, 0.2) is 72.8 Å². The van der Waals surface area contributed by atoms with Crippen LogP contribution in [0, 0.1) is 6.92 Å². The molecule has 0 fully saturated rings. The number of ether oxygens (including phenoxy) is 1. The molecule has 0 unspecified atom stereocenters. The van der Waals surface area contributed by atoms with Crippen LogP contribution in [0.3, 0.4) is 0 Å². The first kappa shape index (κ1) is 35.0. The fraction of sp³-hybridized carbons (Fsp3) is 0.286. The number of aliphatic hydroxyl groups is 4. The summed E-state index contributed by atoms with van der Waals surface area (Å²) in [5, 5.41) is 48.7. The zero-order valence-corrected chi connectivity index (χ0v) is 28.2. The summed E-state index contributed by atoms with van der Waals surface area (Å²) in [7, 11) is 0. The second-order valence-corrected chi connectivity index (χ2v) is 12.8. The molecule has 47 heavy (non-hydrogen) atoms. The van der Waals surface area contributed by atoms with E-state index < -0.39 is 0 Å². The van der Waals surface area contributed by atoms with Crippen LogP contribution in [0.5, 0.6) is 5.75 Å². The van der Waals surface area contributed by atoms with Crippen molar-refractivity contribution in [1.82, 2.24) is 15.0 Å². The van der Waals surface area contributed by atoms with E-state index >= 15 is 0 Å². The molecular weight excluding hydrogens is 659 g/mol.